The van der Waals surface area contributed by atoms with Crippen LogP contribution in [-0.4, -0.2) is 30.4 Å². The van der Waals surface area contributed by atoms with Gasteiger partial charge in [-0.3, -0.25) is 4.79 Å². The quantitative estimate of drug-likeness (QED) is 0.285. The molecule has 0 saturated heterocycles. The number of aromatic hydroxyl groups is 1. The summed E-state index contributed by atoms with van der Waals surface area (Å²) in [5, 5.41) is 13.8. The second kappa shape index (κ2) is 10.5. The predicted octanol–water partition coefficient (Wildman–Crippen LogP) is 4.71. The summed E-state index contributed by atoms with van der Waals surface area (Å²) < 4.78 is 13.0. The van der Waals surface area contributed by atoms with Crippen molar-refractivity contribution in [3.05, 3.63) is 49.5 Å². The number of phenolic OH excluding ortho intramolecular Hbond substituents is 1. The molecule has 27 heavy (non-hydrogen) atoms. The number of amides is 1. The lowest BCUT2D eigenvalue weighted by atomic mass is 10.2. The highest BCUT2D eigenvalue weighted by molar-refractivity contribution is 14.1. The van der Waals surface area contributed by atoms with Crippen LogP contribution in [-0.2, 0) is 0 Å². The average molecular weight is 547 g/mol. The Kier molecular flexibility index (Phi) is 8.36. The lowest BCUT2D eigenvalue weighted by molar-refractivity contribution is 0.0952. The molecule has 2 aromatic rings. The molecule has 0 saturated carbocycles. The Morgan fingerprint density at radius 2 is 2.07 bits per heavy atom. The molecule has 0 radical (unpaired) electrons. The van der Waals surface area contributed by atoms with Gasteiger partial charge < -0.3 is 14.6 Å². The molecule has 0 aromatic heterocycles. The Bertz CT molecular complexity index is 843. The van der Waals surface area contributed by atoms with E-state index in [0.717, 1.165) is 15.6 Å². The SMILES string of the molecule is CCCOc1c(I)cc(/C=N\NC(=O)c2cc(Br)ccc2O)cc1OCC. The Morgan fingerprint density at radius 3 is 2.78 bits per heavy atom. The summed E-state index contributed by atoms with van der Waals surface area (Å²) in [4.78, 5) is 12.2. The zero-order chi connectivity index (χ0) is 19.8. The van der Waals surface area contributed by atoms with Gasteiger partial charge in [-0.15, -0.1) is 0 Å². The van der Waals surface area contributed by atoms with Crippen LogP contribution in [0.5, 0.6) is 17.2 Å². The van der Waals surface area contributed by atoms with Gasteiger partial charge in [0.05, 0.1) is 28.6 Å². The van der Waals surface area contributed by atoms with Crippen molar-refractivity contribution in [3.63, 3.8) is 0 Å². The molecule has 0 heterocycles. The summed E-state index contributed by atoms with van der Waals surface area (Å²) in [7, 11) is 0. The molecule has 1 amide bonds. The molecule has 0 aliphatic rings. The largest absolute Gasteiger partial charge is 0.507 e. The smallest absolute Gasteiger partial charge is 0.275 e. The highest BCUT2D eigenvalue weighted by atomic mass is 127. The fourth-order valence-corrected chi connectivity index (χ4v) is 3.33. The first-order valence-corrected chi connectivity index (χ1v) is 10.2. The van der Waals surface area contributed by atoms with E-state index in [1.165, 1.54) is 18.3 Å². The van der Waals surface area contributed by atoms with E-state index in [1.54, 1.807) is 6.07 Å². The third kappa shape index (κ3) is 6.10. The molecule has 2 N–H and O–H groups in total. The van der Waals surface area contributed by atoms with Gasteiger partial charge in [0.2, 0.25) is 0 Å². The van der Waals surface area contributed by atoms with Crippen LogP contribution < -0.4 is 14.9 Å². The summed E-state index contributed by atoms with van der Waals surface area (Å²) in [5.41, 5.74) is 3.30. The summed E-state index contributed by atoms with van der Waals surface area (Å²) in [6.07, 6.45) is 2.42. The number of nitrogens with one attached hydrogen (secondary N) is 1. The number of nitrogens with zero attached hydrogens (tertiary/aromatic N) is 1. The zero-order valence-corrected chi connectivity index (χ0v) is 18.7. The van der Waals surface area contributed by atoms with Crippen LogP contribution in [0.2, 0.25) is 0 Å². The number of carbonyl (C=O) groups is 1. The molecule has 0 aliphatic carbocycles. The third-order valence-corrected chi connectivity index (χ3v) is 4.66. The second-order valence-electron chi connectivity index (χ2n) is 5.47. The minimum absolute atomic E-state index is 0.114. The van der Waals surface area contributed by atoms with E-state index in [0.29, 0.717) is 29.2 Å². The lowest BCUT2D eigenvalue weighted by Crippen LogP contribution is -2.17. The van der Waals surface area contributed by atoms with Gasteiger partial charge in [-0.25, -0.2) is 5.43 Å². The summed E-state index contributed by atoms with van der Waals surface area (Å²) in [5.74, 6) is 0.721. The van der Waals surface area contributed by atoms with E-state index < -0.39 is 5.91 Å². The molecule has 8 heteroatoms. The molecular weight excluding hydrogens is 527 g/mol. The zero-order valence-electron chi connectivity index (χ0n) is 15.0. The maximum Gasteiger partial charge on any atom is 0.275 e. The van der Waals surface area contributed by atoms with Crippen LogP contribution in [0.1, 0.15) is 36.2 Å². The molecule has 0 spiro atoms. The molecule has 6 nitrogen and oxygen atoms in total. The molecule has 2 rings (SSSR count). The van der Waals surface area contributed by atoms with Gasteiger partial charge in [-0.1, -0.05) is 22.9 Å². The molecule has 0 aliphatic heterocycles. The van der Waals surface area contributed by atoms with Crippen LogP contribution in [0.15, 0.2) is 39.9 Å². The Labute approximate surface area is 180 Å². The summed E-state index contributed by atoms with van der Waals surface area (Å²) in [6, 6.07) is 8.31. The fourth-order valence-electron chi connectivity index (χ4n) is 2.19. The van der Waals surface area contributed by atoms with Gasteiger partial charge in [0, 0.05) is 4.47 Å². The summed E-state index contributed by atoms with van der Waals surface area (Å²) >= 11 is 5.45. The topological polar surface area (TPSA) is 80.2 Å². The number of carbonyl (C=O) groups excluding carboxylic acids is 1. The van der Waals surface area contributed by atoms with E-state index in [1.807, 2.05) is 26.0 Å². The monoisotopic (exact) mass is 546 g/mol. The van der Waals surface area contributed by atoms with Gasteiger partial charge in [-0.05, 0) is 71.8 Å². The summed E-state index contributed by atoms with van der Waals surface area (Å²) in [6.45, 7) is 5.07. The lowest BCUT2D eigenvalue weighted by Gasteiger charge is -2.14. The van der Waals surface area contributed by atoms with E-state index in [-0.39, 0.29) is 11.3 Å². The number of halogens is 2. The van der Waals surface area contributed by atoms with Crippen LogP contribution in [0.25, 0.3) is 0 Å². The number of rotatable bonds is 8. The highest BCUT2D eigenvalue weighted by Gasteiger charge is 2.13. The fraction of sp³-hybridized carbons (Fsp3) is 0.263. The third-order valence-electron chi connectivity index (χ3n) is 3.37. The number of hydrogen-bond acceptors (Lipinski definition) is 5. The van der Waals surface area contributed by atoms with Crippen molar-refractivity contribution >= 4 is 50.6 Å². The predicted molar refractivity (Wildman–Crippen MR) is 117 cm³/mol. The number of benzene rings is 2. The first kappa shape index (κ1) is 21.5. The number of phenols is 1. The van der Waals surface area contributed by atoms with Crippen molar-refractivity contribution in [2.75, 3.05) is 13.2 Å². The molecule has 2 aromatic carbocycles. The van der Waals surface area contributed by atoms with Crippen LogP contribution in [0.4, 0.5) is 0 Å². The van der Waals surface area contributed by atoms with Crippen molar-refractivity contribution in [1.29, 1.82) is 0 Å². The van der Waals surface area contributed by atoms with E-state index in [2.05, 4.69) is 49.0 Å². The van der Waals surface area contributed by atoms with Crippen LogP contribution in [0, 0.1) is 3.57 Å². The molecule has 0 bridgehead atoms. The molecule has 0 atom stereocenters. The van der Waals surface area contributed by atoms with Crippen molar-refractivity contribution < 1.29 is 19.4 Å². The molecule has 0 unspecified atom stereocenters. The number of hydrogen-bond donors (Lipinski definition) is 2. The van der Waals surface area contributed by atoms with E-state index in [9.17, 15) is 9.90 Å². The van der Waals surface area contributed by atoms with Crippen molar-refractivity contribution in [1.82, 2.24) is 5.43 Å². The Morgan fingerprint density at radius 1 is 1.30 bits per heavy atom. The van der Waals surface area contributed by atoms with E-state index in [4.69, 9.17) is 9.47 Å². The normalized spacial score (nSPS) is 10.8. The van der Waals surface area contributed by atoms with Crippen molar-refractivity contribution in [2.45, 2.75) is 20.3 Å². The Hall–Kier alpha value is -1.81. The van der Waals surface area contributed by atoms with Gasteiger partial charge in [0.1, 0.15) is 5.75 Å². The number of ether oxygens (including phenoxy) is 2. The maximum atomic E-state index is 12.2. The molecule has 144 valence electrons. The maximum absolute atomic E-state index is 12.2. The standard InChI is InChI=1S/C19H20BrIN2O4/c1-3-7-27-18-15(21)8-12(9-17(18)26-4-2)11-22-23-19(25)14-10-13(20)5-6-16(14)24/h5-6,8-11,24H,3-4,7H2,1-2H3,(H,23,25)/b22-11-. The van der Waals surface area contributed by atoms with Gasteiger partial charge in [0.15, 0.2) is 11.5 Å². The first-order valence-electron chi connectivity index (χ1n) is 8.37. The average Bonchev–Trinajstić information content (AvgIpc) is 2.63. The van der Waals surface area contributed by atoms with Crippen molar-refractivity contribution in [2.24, 2.45) is 5.10 Å². The van der Waals surface area contributed by atoms with Gasteiger partial charge in [0.25, 0.3) is 5.91 Å². The van der Waals surface area contributed by atoms with Gasteiger partial charge in [-0.2, -0.15) is 5.10 Å². The molecular formula is C19H20BrIN2O4. The highest BCUT2D eigenvalue weighted by Crippen LogP contribution is 2.34. The first-order chi connectivity index (χ1) is 13.0. The second-order valence-corrected chi connectivity index (χ2v) is 7.55. The van der Waals surface area contributed by atoms with Gasteiger partial charge >= 0.3 is 0 Å². The molecule has 0 fully saturated rings. The number of hydrazone groups is 1. The van der Waals surface area contributed by atoms with Crippen molar-refractivity contribution in [3.8, 4) is 17.2 Å². The van der Waals surface area contributed by atoms with Crippen LogP contribution >= 0.6 is 38.5 Å². The minimum Gasteiger partial charge on any atom is -0.507 e. The van der Waals surface area contributed by atoms with E-state index >= 15 is 0 Å². The van der Waals surface area contributed by atoms with Crippen LogP contribution in [0.3, 0.4) is 0 Å². The minimum atomic E-state index is -0.507. The Balaban J connectivity index is 2.16.